The Kier molecular flexibility index (Phi) is 7.23. The topological polar surface area (TPSA) is 147 Å². The van der Waals surface area contributed by atoms with E-state index < -0.39 is 48.1 Å². The fourth-order valence-electron chi connectivity index (χ4n) is 5.18. The van der Waals surface area contributed by atoms with E-state index in [4.69, 9.17) is 9.47 Å². The average molecular weight is 524 g/mol. The van der Waals surface area contributed by atoms with Crippen LogP contribution in [0.3, 0.4) is 0 Å². The molecule has 4 heterocycles. The second-order valence-electron chi connectivity index (χ2n) is 9.44. The lowest BCUT2D eigenvalue weighted by Crippen LogP contribution is -2.64. The summed E-state index contributed by atoms with van der Waals surface area (Å²) in [6.07, 6.45) is 1.49. The Bertz CT molecular complexity index is 1280. The van der Waals surface area contributed by atoms with Gasteiger partial charge in [-0.15, -0.1) is 0 Å². The average Bonchev–Trinajstić information content (AvgIpc) is 3.21. The van der Waals surface area contributed by atoms with E-state index >= 15 is 0 Å². The Labute approximate surface area is 218 Å². The highest BCUT2D eigenvalue weighted by Gasteiger charge is 2.46. The van der Waals surface area contributed by atoms with Crippen LogP contribution >= 0.6 is 0 Å². The maximum absolute atomic E-state index is 13.7. The van der Waals surface area contributed by atoms with Gasteiger partial charge >= 0.3 is 5.97 Å². The van der Waals surface area contributed by atoms with Crippen LogP contribution in [0, 0.1) is 0 Å². The summed E-state index contributed by atoms with van der Waals surface area (Å²) in [6, 6.07) is 6.33. The van der Waals surface area contributed by atoms with Gasteiger partial charge in [0.25, 0.3) is 11.8 Å². The second-order valence-corrected chi connectivity index (χ2v) is 9.44. The molecule has 1 aromatic carbocycles. The van der Waals surface area contributed by atoms with Crippen LogP contribution in [0.1, 0.15) is 49.5 Å². The van der Waals surface area contributed by atoms with Crippen LogP contribution in [0.5, 0.6) is 0 Å². The number of rotatable bonds is 6. The summed E-state index contributed by atoms with van der Waals surface area (Å²) in [6.45, 7) is 2.31. The molecule has 4 amide bonds. The monoisotopic (exact) mass is 523 g/mol. The molecule has 3 saturated heterocycles. The summed E-state index contributed by atoms with van der Waals surface area (Å²) in [5, 5.41) is 9.45. The van der Waals surface area contributed by atoms with Crippen molar-refractivity contribution in [2.75, 3.05) is 13.2 Å². The zero-order valence-corrected chi connectivity index (χ0v) is 20.9. The Morgan fingerprint density at radius 2 is 1.95 bits per heavy atom. The van der Waals surface area contributed by atoms with Gasteiger partial charge in [-0.25, -0.2) is 5.01 Å². The van der Waals surface area contributed by atoms with Crippen LogP contribution in [0.4, 0.5) is 0 Å². The van der Waals surface area contributed by atoms with E-state index in [1.165, 1.54) is 16.2 Å². The van der Waals surface area contributed by atoms with E-state index in [2.05, 4.69) is 15.6 Å². The molecule has 3 fully saturated rings. The smallest absolute Gasteiger partial charge is 0.310 e. The minimum absolute atomic E-state index is 0.0296. The van der Waals surface area contributed by atoms with Crippen molar-refractivity contribution >= 4 is 40.4 Å². The zero-order valence-electron chi connectivity index (χ0n) is 20.9. The molecule has 2 aromatic rings. The van der Waals surface area contributed by atoms with Gasteiger partial charge in [0.05, 0.1) is 6.42 Å². The lowest BCUT2D eigenvalue weighted by atomic mass is 10.0. The first kappa shape index (κ1) is 25.6. The molecule has 3 aliphatic rings. The fourth-order valence-corrected chi connectivity index (χ4v) is 5.18. The molecule has 12 nitrogen and oxygen atoms in total. The first-order valence-corrected chi connectivity index (χ1v) is 12.8. The van der Waals surface area contributed by atoms with E-state index in [-0.39, 0.29) is 44.0 Å². The van der Waals surface area contributed by atoms with Crippen molar-refractivity contribution < 1.29 is 33.4 Å². The van der Waals surface area contributed by atoms with E-state index in [0.29, 0.717) is 18.2 Å². The third-order valence-corrected chi connectivity index (χ3v) is 6.98. The van der Waals surface area contributed by atoms with Gasteiger partial charge < -0.3 is 20.1 Å². The molecule has 12 heteroatoms. The Morgan fingerprint density at radius 1 is 1.13 bits per heavy atom. The highest BCUT2D eigenvalue weighted by atomic mass is 16.7. The van der Waals surface area contributed by atoms with Gasteiger partial charge in [0.1, 0.15) is 23.8 Å². The molecule has 38 heavy (non-hydrogen) atoms. The molecule has 1 aromatic heterocycles. The number of carbonyl (C=O) groups is 5. The van der Waals surface area contributed by atoms with Crippen LogP contribution < -0.4 is 10.6 Å². The molecule has 200 valence electrons. The first-order chi connectivity index (χ1) is 18.4. The number of nitrogens with one attached hydrogen (secondary N) is 2. The third kappa shape index (κ3) is 4.91. The molecule has 2 unspecified atom stereocenters. The summed E-state index contributed by atoms with van der Waals surface area (Å²) < 4.78 is 10.5. The molecule has 3 aliphatic heterocycles. The second kappa shape index (κ2) is 10.7. The van der Waals surface area contributed by atoms with Crippen molar-refractivity contribution in [1.82, 2.24) is 25.6 Å². The van der Waals surface area contributed by atoms with Gasteiger partial charge in [-0.3, -0.25) is 34.0 Å². The summed E-state index contributed by atoms with van der Waals surface area (Å²) in [7, 11) is 0. The van der Waals surface area contributed by atoms with Crippen LogP contribution in [0.25, 0.3) is 10.8 Å². The standard InChI is InChI=1S/C26H29N5O7/c1-2-37-26-18(14-21(33)38-26)29-23(34)19-8-5-13-30-20(32)10-9-17(25(36)31(19)30)28-24(35)22-16-7-4-3-6-15(16)11-12-27-22/h3-4,6-7,11-12,17-19,26H,2,5,8-10,13-14H2,1H3,(H,28,35)(H,29,34)/t17-,18?,19-,26?/m1/s1. The van der Waals surface area contributed by atoms with Gasteiger partial charge in [-0.05, 0) is 37.6 Å². The van der Waals surface area contributed by atoms with E-state index in [9.17, 15) is 24.0 Å². The van der Waals surface area contributed by atoms with Gasteiger partial charge in [-0.1, -0.05) is 24.3 Å². The third-order valence-electron chi connectivity index (χ3n) is 6.98. The van der Waals surface area contributed by atoms with Crippen molar-refractivity contribution in [2.24, 2.45) is 0 Å². The van der Waals surface area contributed by atoms with Crippen molar-refractivity contribution in [3.8, 4) is 0 Å². The van der Waals surface area contributed by atoms with Crippen molar-refractivity contribution in [3.05, 3.63) is 42.2 Å². The number of aromatic nitrogens is 1. The number of hydrazine groups is 1. The Hall–Kier alpha value is -4.06. The number of cyclic esters (lactones) is 1. The molecule has 0 bridgehead atoms. The zero-order chi connectivity index (χ0) is 26.8. The number of fused-ring (bicyclic) bond motifs is 2. The number of pyridine rings is 1. The quantitative estimate of drug-likeness (QED) is 0.525. The number of carbonyl (C=O) groups excluding carboxylic acids is 5. The van der Waals surface area contributed by atoms with Crippen molar-refractivity contribution in [2.45, 2.75) is 63.4 Å². The molecular formula is C26H29N5O7. The van der Waals surface area contributed by atoms with Gasteiger partial charge in [0.15, 0.2) is 0 Å². The maximum Gasteiger partial charge on any atom is 0.310 e. The van der Waals surface area contributed by atoms with Crippen molar-refractivity contribution in [1.29, 1.82) is 0 Å². The van der Waals surface area contributed by atoms with Crippen molar-refractivity contribution in [3.63, 3.8) is 0 Å². The van der Waals surface area contributed by atoms with Crippen LogP contribution in [0.2, 0.25) is 0 Å². The van der Waals surface area contributed by atoms with E-state index in [1.54, 1.807) is 25.1 Å². The lowest BCUT2D eigenvalue weighted by Gasteiger charge is -2.43. The van der Waals surface area contributed by atoms with Crippen LogP contribution in [-0.4, -0.2) is 82.2 Å². The number of esters is 1. The molecule has 0 radical (unpaired) electrons. The maximum atomic E-state index is 13.7. The summed E-state index contributed by atoms with van der Waals surface area (Å²) in [5.41, 5.74) is 0.170. The largest absolute Gasteiger partial charge is 0.433 e. The summed E-state index contributed by atoms with van der Waals surface area (Å²) >= 11 is 0. The van der Waals surface area contributed by atoms with Gasteiger partial charge in [-0.2, -0.15) is 0 Å². The Morgan fingerprint density at radius 3 is 2.76 bits per heavy atom. The van der Waals surface area contributed by atoms with Gasteiger partial charge in [0.2, 0.25) is 18.1 Å². The molecule has 0 spiro atoms. The number of amides is 4. The minimum atomic E-state index is -1.03. The molecule has 0 saturated carbocycles. The molecular weight excluding hydrogens is 494 g/mol. The highest BCUT2D eigenvalue weighted by Crippen LogP contribution is 2.26. The number of hydrogen-bond acceptors (Lipinski definition) is 8. The first-order valence-electron chi connectivity index (χ1n) is 12.8. The number of nitrogens with zero attached hydrogens (tertiary/aromatic N) is 3. The van der Waals surface area contributed by atoms with Gasteiger partial charge in [0, 0.05) is 31.2 Å². The lowest BCUT2D eigenvalue weighted by molar-refractivity contribution is -0.177. The van der Waals surface area contributed by atoms with Crippen LogP contribution in [0.15, 0.2) is 36.5 Å². The highest BCUT2D eigenvalue weighted by molar-refractivity contribution is 6.06. The molecule has 2 N–H and O–H groups in total. The number of ether oxygens (including phenoxy) is 2. The molecule has 5 rings (SSSR count). The summed E-state index contributed by atoms with van der Waals surface area (Å²) in [5.74, 6) is -2.41. The number of benzene rings is 1. The molecule has 0 aliphatic carbocycles. The predicted octanol–water partition coefficient (Wildman–Crippen LogP) is 0.656. The van der Waals surface area contributed by atoms with E-state index in [1.807, 2.05) is 12.1 Å². The molecule has 4 atom stereocenters. The number of hydrogen-bond donors (Lipinski definition) is 2. The fraction of sp³-hybridized carbons (Fsp3) is 0.462. The van der Waals surface area contributed by atoms with E-state index in [0.717, 1.165) is 5.39 Å². The Balaban J connectivity index is 1.36. The van der Waals surface area contributed by atoms with Crippen LogP contribution in [-0.2, 0) is 28.7 Å². The normalized spacial score (nSPS) is 25.6. The summed E-state index contributed by atoms with van der Waals surface area (Å²) in [4.78, 5) is 69.3. The SMILES string of the molecule is CCOC1OC(=O)CC1NC(=O)[C@H]1CCCN2C(=O)CC[C@@H](NC(=O)c3nccc4ccccc34)C(=O)N12. The predicted molar refractivity (Wildman–Crippen MR) is 132 cm³/mol. The minimum Gasteiger partial charge on any atom is -0.433 e.